The Labute approximate surface area is 189 Å². The van der Waals surface area contributed by atoms with Crippen LogP contribution in [0, 0.1) is 0 Å². The molecule has 1 aromatic heterocycles. The molecule has 0 radical (unpaired) electrons. The third kappa shape index (κ3) is 5.08. The quantitative estimate of drug-likeness (QED) is 0.521. The summed E-state index contributed by atoms with van der Waals surface area (Å²) in [6, 6.07) is 19.9. The van der Waals surface area contributed by atoms with Gasteiger partial charge in [0.15, 0.2) is 0 Å². The lowest BCUT2D eigenvalue weighted by Crippen LogP contribution is -2.46. The number of esters is 1. The summed E-state index contributed by atoms with van der Waals surface area (Å²) in [6.45, 7) is 6.89. The maximum atomic E-state index is 11.9. The third-order valence-electron chi connectivity index (χ3n) is 5.76. The van der Waals surface area contributed by atoms with E-state index in [0.717, 1.165) is 55.4 Å². The Hall–Kier alpha value is -3.38. The van der Waals surface area contributed by atoms with Crippen LogP contribution < -0.4 is 9.64 Å². The Balaban J connectivity index is 1.38. The van der Waals surface area contributed by atoms with Gasteiger partial charge >= 0.3 is 5.97 Å². The van der Waals surface area contributed by atoms with Gasteiger partial charge in [-0.15, -0.1) is 0 Å². The van der Waals surface area contributed by atoms with Crippen LogP contribution in [-0.2, 0) is 11.3 Å². The number of aromatic nitrogens is 1. The number of hydrogen-bond donors (Lipinski definition) is 0. The number of rotatable bonds is 7. The summed E-state index contributed by atoms with van der Waals surface area (Å²) in [5, 5.41) is 0. The molecule has 3 aromatic rings. The van der Waals surface area contributed by atoms with Crippen LogP contribution in [0.25, 0.3) is 11.3 Å². The fourth-order valence-electron chi connectivity index (χ4n) is 4.00. The first kappa shape index (κ1) is 21.8. The molecule has 0 saturated carbocycles. The molecule has 0 atom stereocenters. The van der Waals surface area contributed by atoms with Crippen LogP contribution in [0.1, 0.15) is 22.8 Å². The predicted molar refractivity (Wildman–Crippen MR) is 126 cm³/mol. The molecule has 166 valence electrons. The van der Waals surface area contributed by atoms with E-state index in [0.29, 0.717) is 12.2 Å². The van der Waals surface area contributed by atoms with Gasteiger partial charge in [0, 0.05) is 50.2 Å². The Kier molecular flexibility index (Phi) is 7.02. The van der Waals surface area contributed by atoms with Crippen LogP contribution in [0.2, 0.25) is 0 Å². The Morgan fingerprint density at radius 2 is 1.69 bits per heavy atom. The highest BCUT2D eigenvalue weighted by atomic mass is 16.5. The number of nitrogens with zero attached hydrogens (tertiary/aromatic N) is 3. The zero-order valence-electron chi connectivity index (χ0n) is 18.7. The van der Waals surface area contributed by atoms with E-state index in [9.17, 15) is 4.79 Å². The van der Waals surface area contributed by atoms with Crippen molar-refractivity contribution in [2.24, 2.45) is 0 Å². The van der Waals surface area contributed by atoms with Crippen molar-refractivity contribution in [2.45, 2.75) is 13.5 Å². The average molecular weight is 432 g/mol. The highest BCUT2D eigenvalue weighted by Crippen LogP contribution is 2.25. The lowest BCUT2D eigenvalue weighted by molar-refractivity contribution is 0.0526. The first-order valence-electron chi connectivity index (χ1n) is 11.0. The van der Waals surface area contributed by atoms with Crippen LogP contribution in [-0.4, -0.2) is 55.7 Å². The number of methoxy groups -OCH3 is 1. The molecule has 2 heterocycles. The van der Waals surface area contributed by atoms with E-state index in [4.69, 9.17) is 9.47 Å². The van der Waals surface area contributed by atoms with Gasteiger partial charge in [0.05, 0.1) is 25.0 Å². The SMILES string of the molecule is CCOC(=O)c1ccc(N2CCN(Cc3cccnc3-c3ccc(OC)cc3)CC2)cc1. The zero-order valence-corrected chi connectivity index (χ0v) is 18.7. The molecule has 32 heavy (non-hydrogen) atoms. The number of benzene rings is 2. The van der Waals surface area contributed by atoms with Gasteiger partial charge in [-0.05, 0) is 67.1 Å². The van der Waals surface area contributed by atoms with Gasteiger partial charge in [-0.25, -0.2) is 4.79 Å². The van der Waals surface area contributed by atoms with Crippen LogP contribution in [0.5, 0.6) is 5.75 Å². The van der Waals surface area contributed by atoms with Crippen molar-refractivity contribution in [3.8, 4) is 17.0 Å². The summed E-state index contributed by atoms with van der Waals surface area (Å²) in [6.07, 6.45) is 1.85. The molecule has 1 aliphatic rings. The van der Waals surface area contributed by atoms with Gasteiger partial charge in [0.1, 0.15) is 5.75 Å². The second kappa shape index (κ2) is 10.3. The monoisotopic (exact) mass is 431 g/mol. The summed E-state index contributed by atoms with van der Waals surface area (Å²) in [7, 11) is 1.68. The van der Waals surface area contributed by atoms with Crippen molar-refractivity contribution in [3.05, 3.63) is 78.0 Å². The molecule has 0 unspecified atom stereocenters. The second-order valence-corrected chi connectivity index (χ2v) is 7.77. The molecule has 6 heteroatoms. The average Bonchev–Trinajstić information content (AvgIpc) is 2.85. The largest absolute Gasteiger partial charge is 0.497 e. The Morgan fingerprint density at radius 1 is 0.969 bits per heavy atom. The van der Waals surface area contributed by atoms with Crippen molar-refractivity contribution < 1.29 is 14.3 Å². The number of carbonyl (C=O) groups is 1. The normalized spacial score (nSPS) is 14.2. The van der Waals surface area contributed by atoms with Gasteiger partial charge in [0.25, 0.3) is 0 Å². The van der Waals surface area contributed by atoms with E-state index >= 15 is 0 Å². The highest BCUT2D eigenvalue weighted by Gasteiger charge is 2.19. The Morgan fingerprint density at radius 3 is 2.34 bits per heavy atom. The molecule has 4 rings (SSSR count). The number of hydrogen-bond acceptors (Lipinski definition) is 6. The molecule has 0 spiro atoms. The van der Waals surface area contributed by atoms with E-state index in [1.807, 2.05) is 55.6 Å². The molecule has 1 fully saturated rings. The van der Waals surface area contributed by atoms with Crippen molar-refractivity contribution in [1.29, 1.82) is 0 Å². The van der Waals surface area contributed by atoms with Crippen LogP contribution >= 0.6 is 0 Å². The molecule has 2 aromatic carbocycles. The fourth-order valence-corrected chi connectivity index (χ4v) is 4.00. The maximum absolute atomic E-state index is 11.9. The third-order valence-corrected chi connectivity index (χ3v) is 5.76. The molecule has 0 aliphatic carbocycles. The second-order valence-electron chi connectivity index (χ2n) is 7.77. The summed E-state index contributed by atoms with van der Waals surface area (Å²) >= 11 is 0. The first-order valence-corrected chi connectivity index (χ1v) is 11.0. The smallest absolute Gasteiger partial charge is 0.338 e. The maximum Gasteiger partial charge on any atom is 0.338 e. The summed E-state index contributed by atoms with van der Waals surface area (Å²) < 4.78 is 10.3. The lowest BCUT2D eigenvalue weighted by atomic mass is 10.0. The Bertz CT molecular complexity index is 1030. The minimum Gasteiger partial charge on any atom is -0.497 e. The summed E-state index contributed by atoms with van der Waals surface area (Å²) in [5.74, 6) is 0.575. The number of pyridine rings is 1. The number of carbonyl (C=O) groups excluding carboxylic acids is 1. The van der Waals surface area contributed by atoms with Gasteiger partial charge in [0.2, 0.25) is 0 Å². The molecule has 1 aliphatic heterocycles. The molecule has 0 N–H and O–H groups in total. The lowest BCUT2D eigenvalue weighted by Gasteiger charge is -2.36. The number of ether oxygens (including phenoxy) is 2. The van der Waals surface area contributed by atoms with Crippen LogP contribution in [0.3, 0.4) is 0 Å². The molecule has 6 nitrogen and oxygen atoms in total. The van der Waals surface area contributed by atoms with E-state index in [2.05, 4.69) is 33.0 Å². The van der Waals surface area contributed by atoms with Crippen LogP contribution in [0.15, 0.2) is 66.9 Å². The molecule has 0 bridgehead atoms. The highest BCUT2D eigenvalue weighted by molar-refractivity contribution is 5.89. The minimum absolute atomic E-state index is 0.270. The standard InChI is InChI=1S/C26H29N3O3/c1-3-32-26(30)21-6-10-23(11-7-21)29-17-15-28(16-18-29)19-22-5-4-14-27-25(22)20-8-12-24(31-2)13-9-20/h4-14H,3,15-19H2,1-2H3. The van der Waals surface area contributed by atoms with E-state index in [-0.39, 0.29) is 5.97 Å². The van der Waals surface area contributed by atoms with E-state index in [1.165, 1.54) is 5.56 Å². The van der Waals surface area contributed by atoms with Gasteiger partial charge in [-0.1, -0.05) is 6.07 Å². The molecular formula is C26H29N3O3. The van der Waals surface area contributed by atoms with Crippen molar-refractivity contribution >= 4 is 11.7 Å². The molecule has 0 amide bonds. The predicted octanol–water partition coefficient (Wildman–Crippen LogP) is 4.26. The van der Waals surface area contributed by atoms with Crippen LogP contribution in [0.4, 0.5) is 5.69 Å². The zero-order chi connectivity index (χ0) is 22.3. The molecule has 1 saturated heterocycles. The van der Waals surface area contributed by atoms with E-state index < -0.39 is 0 Å². The van der Waals surface area contributed by atoms with Gasteiger partial charge in [-0.2, -0.15) is 0 Å². The van der Waals surface area contributed by atoms with Crippen molar-refractivity contribution in [2.75, 3.05) is 44.8 Å². The van der Waals surface area contributed by atoms with Crippen molar-refractivity contribution in [3.63, 3.8) is 0 Å². The minimum atomic E-state index is -0.270. The number of piperazine rings is 1. The van der Waals surface area contributed by atoms with E-state index in [1.54, 1.807) is 7.11 Å². The fraction of sp³-hybridized carbons (Fsp3) is 0.308. The van der Waals surface area contributed by atoms with Crippen molar-refractivity contribution in [1.82, 2.24) is 9.88 Å². The summed E-state index contributed by atoms with van der Waals surface area (Å²) in [5.41, 5.74) is 5.08. The number of anilines is 1. The van der Waals surface area contributed by atoms with Gasteiger partial charge in [-0.3, -0.25) is 9.88 Å². The molecular weight excluding hydrogens is 402 g/mol. The first-order chi connectivity index (χ1) is 15.7. The topological polar surface area (TPSA) is 54.9 Å². The summed E-state index contributed by atoms with van der Waals surface area (Å²) in [4.78, 5) is 21.3. The van der Waals surface area contributed by atoms with Gasteiger partial charge < -0.3 is 14.4 Å².